The third kappa shape index (κ3) is 7.01. The van der Waals surface area contributed by atoms with Crippen LogP contribution < -0.4 is 16.0 Å². The Bertz CT molecular complexity index is 990. The van der Waals surface area contributed by atoms with Crippen LogP contribution in [0.4, 0.5) is 11.5 Å². The minimum atomic E-state index is 0.397. The second-order valence-corrected chi connectivity index (χ2v) is 11.0. The smallest absolute Gasteiger partial charge is 0.137 e. The molecular weight excluding hydrogens is 497 g/mol. The number of pyridine rings is 2. The first-order valence-electron chi connectivity index (χ1n) is 13.4. The molecule has 3 N–H and O–H groups in total. The maximum absolute atomic E-state index is 6.57. The molecule has 1 saturated carbocycles. The fourth-order valence-corrected chi connectivity index (χ4v) is 5.84. The van der Waals surface area contributed by atoms with Gasteiger partial charge in [-0.15, -0.1) is 0 Å². The number of nitrogens with one attached hydrogen (secondary N) is 3. The summed E-state index contributed by atoms with van der Waals surface area (Å²) >= 11 is 13.1. The Labute approximate surface area is 224 Å². The van der Waals surface area contributed by atoms with E-state index in [2.05, 4.69) is 25.9 Å². The van der Waals surface area contributed by atoms with Gasteiger partial charge in [-0.1, -0.05) is 23.2 Å². The monoisotopic (exact) mass is 533 g/mol. The van der Waals surface area contributed by atoms with Crippen molar-refractivity contribution in [1.82, 2.24) is 15.3 Å². The molecule has 1 atom stereocenters. The Morgan fingerprint density at radius 2 is 1.64 bits per heavy atom. The number of hydrogen-bond acceptors (Lipinski definition) is 7. The van der Waals surface area contributed by atoms with E-state index in [1.54, 1.807) is 12.4 Å². The van der Waals surface area contributed by atoms with Gasteiger partial charge in [0.25, 0.3) is 0 Å². The van der Waals surface area contributed by atoms with Gasteiger partial charge < -0.3 is 25.4 Å². The maximum atomic E-state index is 6.57. The molecule has 1 aliphatic carbocycles. The maximum Gasteiger partial charge on any atom is 0.137 e. The molecule has 0 spiro atoms. The molecule has 0 aromatic carbocycles. The van der Waals surface area contributed by atoms with Crippen molar-refractivity contribution in [1.29, 1.82) is 0 Å². The summed E-state index contributed by atoms with van der Waals surface area (Å²) in [4.78, 5) is 8.97. The van der Waals surface area contributed by atoms with Gasteiger partial charge in [0, 0.05) is 62.3 Å². The fourth-order valence-electron chi connectivity index (χ4n) is 5.42. The van der Waals surface area contributed by atoms with Crippen LogP contribution in [0, 0.1) is 5.92 Å². The highest BCUT2D eigenvalue weighted by Gasteiger charge is 2.23. The summed E-state index contributed by atoms with van der Waals surface area (Å²) in [6, 6.07) is 5.00. The fraction of sp³-hybridized carbons (Fsp3) is 0.630. The predicted octanol–water partition coefficient (Wildman–Crippen LogP) is 5.78. The third-order valence-corrected chi connectivity index (χ3v) is 8.26. The molecule has 9 heteroatoms. The summed E-state index contributed by atoms with van der Waals surface area (Å²) in [5.41, 5.74) is 2.59. The quantitative estimate of drug-likeness (QED) is 0.352. The minimum absolute atomic E-state index is 0.397. The normalized spacial score (nSPS) is 25.1. The van der Waals surface area contributed by atoms with Gasteiger partial charge in [0.05, 0.1) is 23.0 Å². The summed E-state index contributed by atoms with van der Waals surface area (Å²) < 4.78 is 11.2. The number of hydrogen-bond donors (Lipinski definition) is 3. The molecule has 0 radical (unpaired) electrons. The second-order valence-electron chi connectivity index (χ2n) is 10.3. The van der Waals surface area contributed by atoms with Crippen molar-refractivity contribution >= 4 is 34.7 Å². The minimum Gasteiger partial charge on any atom is -0.384 e. The lowest BCUT2D eigenvalue weighted by molar-refractivity contribution is 0.0699. The van der Waals surface area contributed by atoms with Gasteiger partial charge in [-0.25, -0.2) is 9.97 Å². The van der Waals surface area contributed by atoms with Crippen molar-refractivity contribution in [3.05, 3.63) is 34.7 Å². The standard InChI is InChI=1S/C27H37Cl2N5O2/c28-25-17-32-26(34-20-5-3-19(4-6-20)31-16-22-2-1-9-36-22)13-23(25)24-12-21(15-33-27(24)29)30-14-18-7-10-35-11-8-18/h12-13,15,17-20,22,30-31H,1-11,14,16H2,(H,32,34)/t19?,20?,22-/m1/s1. The Hall–Kier alpha value is -1.64. The topological polar surface area (TPSA) is 80.3 Å². The molecule has 5 rings (SSSR count). The van der Waals surface area contributed by atoms with Gasteiger partial charge in [0.15, 0.2) is 0 Å². The highest BCUT2D eigenvalue weighted by Crippen LogP contribution is 2.35. The number of anilines is 2. The van der Waals surface area contributed by atoms with E-state index in [4.69, 9.17) is 32.7 Å². The molecule has 196 valence electrons. The molecule has 2 aromatic heterocycles. The number of halogens is 2. The molecule has 36 heavy (non-hydrogen) atoms. The summed E-state index contributed by atoms with van der Waals surface area (Å²) in [7, 11) is 0. The molecule has 0 unspecified atom stereocenters. The van der Waals surface area contributed by atoms with Crippen LogP contribution in [0.1, 0.15) is 51.4 Å². The Kier molecular flexibility index (Phi) is 9.20. The SMILES string of the molecule is Clc1cnc(NC2CCC(NC[C@H]3CCCO3)CC2)cc1-c1cc(NCC2CCOCC2)cnc1Cl. The lowest BCUT2D eigenvalue weighted by Crippen LogP contribution is -2.40. The average molecular weight is 535 g/mol. The van der Waals surface area contributed by atoms with Crippen LogP contribution in [0.5, 0.6) is 0 Å². The largest absolute Gasteiger partial charge is 0.384 e. The highest BCUT2D eigenvalue weighted by atomic mass is 35.5. The van der Waals surface area contributed by atoms with Crippen molar-refractivity contribution in [2.24, 2.45) is 5.92 Å². The molecule has 0 amide bonds. The van der Waals surface area contributed by atoms with E-state index < -0.39 is 0 Å². The number of nitrogens with zero attached hydrogens (tertiary/aromatic N) is 2. The zero-order valence-electron chi connectivity index (χ0n) is 20.8. The van der Waals surface area contributed by atoms with Crippen LogP contribution in [-0.4, -0.2) is 61.1 Å². The van der Waals surface area contributed by atoms with Crippen molar-refractivity contribution in [2.45, 2.75) is 69.6 Å². The number of rotatable bonds is 9. The first-order chi connectivity index (χ1) is 17.6. The van der Waals surface area contributed by atoms with Crippen LogP contribution in [0.25, 0.3) is 11.1 Å². The lowest BCUT2D eigenvalue weighted by atomic mass is 9.91. The van der Waals surface area contributed by atoms with E-state index in [0.717, 1.165) is 94.1 Å². The van der Waals surface area contributed by atoms with Crippen molar-refractivity contribution in [3.8, 4) is 11.1 Å². The average Bonchev–Trinajstić information content (AvgIpc) is 3.43. The summed E-state index contributed by atoms with van der Waals surface area (Å²) in [5.74, 6) is 1.43. The van der Waals surface area contributed by atoms with E-state index in [-0.39, 0.29) is 0 Å². The molecule has 2 aliphatic heterocycles. The van der Waals surface area contributed by atoms with Gasteiger partial charge in [0.2, 0.25) is 0 Å². The molecular formula is C27H37Cl2N5O2. The highest BCUT2D eigenvalue weighted by molar-refractivity contribution is 6.36. The Morgan fingerprint density at radius 3 is 2.42 bits per heavy atom. The summed E-state index contributed by atoms with van der Waals surface area (Å²) in [5, 5.41) is 11.8. The second kappa shape index (κ2) is 12.7. The van der Waals surface area contributed by atoms with Crippen molar-refractivity contribution in [3.63, 3.8) is 0 Å². The van der Waals surface area contributed by atoms with E-state index in [9.17, 15) is 0 Å². The van der Waals surface area contributed by atoms with E-state index >= 15 is 0 Å². The third-order valence-electron chi connectivity index (χ3n) is 7.66. The molecule has 2 saturated heterocycles. The van der Waals surface area contributed by atoms with Gasteiger partial charge in [-0.2, -0.15) is 0 Å². The van der Waals surface area contributed by atoms with Crippen LogP contribution in [0.15, 0.2) is 24.5 Å². The Morgan fingerprint density at radius 1 is 0.833 bits per heavy atom. The van der Waals surface area contributed by atoms with E-state index in [1.165, 1.54) is 12.8 Å². The van der Waals surface area contributed by atoms with E-state index in [1.807, 2.05) is 12.1 Å². The molecule has 4 heterocycles. The molecule has 7 nitrogen and oxygen atoms in total. The number of ether oxygens (including phenoxy) is 2. The summed E-state index contributed by atoms with van der Waals surface area (Å²) in [6.07, 6.45) is 12.9. The zero-order valence-corrected chi connectivity index (χ0v) is 22.3. The van der Waals surface area contributed by atoms with E-state index in [0.29, 0.717) is 34.3 Å². The first kappa shape index (κ1) is 26.0. The molecule has 3 fully saturated rings. The van der Waals surface area contributed by atoms with Crippen LogP contribution in [0.3, 0.4) is 0 Å². The van der Waals surface area contributed by atoms with Gasteiger partial charge >= 0.3 is 0 Å². The van der Waals surface area contributed by atoms with Crippen LogP contribution in [-0.2, 0) is 9.47 Å². The molecule has 2 aromatic rings. The van der Waals surface area contributed by atoms with Gasteiger partial charge in [-0.05, 0) is 69.4 Å². The van der Waals surface area contributed by atoms with Gasteiger partial charge in [0.1, 0.15) is 11.0 Å². The first-order valence-corrected chi connectivity index (χ1v) is 14.1. The van der Waals surface area contributed by atoms with Crippen molar-refractivity contribution < 1.29 is 9.47 Å². The van der Waals surface area contributed by atoms with Crippen molar-refractivity contribution in [2.75, 3.05) is 43.5 Å². The molecule has 3 aliphatic rings. The molecule has 0 bridgehead atoms. The summed E-state index contributed by atoms with van der Waals surface area (Å²) in [6.45, 7) is 4.47. The lowest BCUT2D eigenvalue weighted by Gasteiger charge is -2.30. The zero-order chi connectivity index (χ0) is 24.7. The Balaban J connectivity index is 1.18. The van der Waals surface area contributed by atoms with Crippen LogP contribution in [0.2, 0.25) is 10.2 Å². The van der Waals surface area contributed by atoms with Gasteiger partial charge in [-0.3, -0.25) is 0 Å². The van der Waals surface area contributed by atoms with Crippen LogP contribution >= 0.6 is 23.2 Å². The number of aromatic nitrogens is 2. The predicted molar refractivity (Wildman–Crippen MR) is 146 cm³/mol.